The van der Waals surface area contributed by atoms with E-state index in [9.17, 15) is 40.5 Å². The summed E-state index contributed by atoms with van der Waals surface area (Å²) in [6, 6.07) is 0. The molecule has 7 N–H and O–H groups in total. The molecule has 0 spiro atoms. The lowest BCUT2D eigenvalue weighted by atomic mass is 9.36. The molecule has 3 fully saturated rings. The number of allylic oxidation sites excluding steroid dienone is 3. The van der Waals surface area contributed by atoms with Crippen LogP contribution in [-0.2, 0) is 14.3 Å². The molecule has 0 bridgehead atoms. The lowest BCUT2D eigenvalue weighted by Gasteiger charge is -2.68. The highest BCUT2D eigenvalue weighted by atomic mass is 16.7. The molecular formula is C36H58O10. The number of hydrogen-bond acceptors (Lipinski definition) is 10. The highest BCUT2D eigenvalue weighted by Crippen LogP contribution is 2.72. The van der Waals surface area contributed by atoms with Gasteiger partial charge in [-0.15, -0.1) is 0 Å². The number of rotatable bonds is 8. The number of esters is 1. The first-order chi connectivity index (χ1) is 21.4. The maximum Gasteiger partial charge on any atom is 0.318 e. The Kier molecular flexibility index (Phi) is 9.77. The Labute approximate surface area is 273 Å². The third kappa shape index (κ3) is 5.34. The minimum absolute atomic E-state index is 0.0477. The quantitative estimate of drug-likeness (QED) is 0.193. The summed E-state index contributed by atoms with van der Waals surface area (Å²) in [7, 11) is 0. The zero-order valence-electron chi connectivity index (χ0n) is 28.4. The van der Waals surface area contributed by atoms with Gasteiger partial charge in [-0.05, 0) is 97.9 Å². The molecule has 0 aromatic heterocycles. The van der Waals surface area contributed by atoms with Crippen LogP contribution in [0, 0.1) is 44.8 Å². The van der Waals surface area contributed by atoms with Crippen LogP contribution in [0.4, 0.5) is 0 Å². The second-order valence-electron chi connectivity index (χ2n) is 16.5. The van der Waals surface area contributed by atoms with Crippen molar-refractivity contribution in [2.45, 2.75) is 136 Å². The fraction of sp³-hybridized carbons (Fsp3) is 0.861. The minimum Gasteiger partial charge on any atom is -0.432 e. The van der Waals surface area contributed by atoms with Gasteiger partial charge in [-0.2, -0.15) is 0 Å². The summed E-state index contributed by atoms with van der Waals surface area (Å²) < 4.78 is 11.3. The molecule has 5 aliphatic rings. The van der Waals surface area contributed by atoms with Crippen LogP contribution in [0.5, 0.6) is 0 Å². The van der Waals surface area contributed by atoms with E-state index in [1.165, 1.54) is 0 Å². The number of carbonyl (C=O) groups is 1. The van der Waals surface area contributed by atoms with E-state index in [0.29, 0.717) is 32.1 Å². The minimum atomic E-state index is -1.69. The van der Waals surface area contributed by atoms with Crippen molar-refractivity contribution >= 4 is 5.97 Å². The summed E-state index contributed by atoms with van der Waals surface area (Å²) in [5.41, 5.74) is -1.12. The van der Waals surface area contributed by atoms with E-state index in [-0.39, 0.29) is 40.6 Å². The van der Waals surface area contributed by atoms with E-state index in [4.69, 9.17) is 9.47 Å². The zero-order chi connectivity index (χ0) is 34.0. The average molecular weight is 651 g/mol. The van der Waals surface area contributed by atoms with E-state index in [2.05, 4.69) is 32.9 Å². The number of aliphatic hydroxyl groups excluding tert-OH is 7. The fourth-order valence-electron chi connectivity index (χ4n) is 10.3. The van der Waals surface area contributed by atoms with Gasteiger partial charge < -0.3 is 45.2 Å². The fourth-order valence-corrected chi connectivity index (χ4v) is 10.3. The number of carbonyl (C=O) groups excluding carboxylic acids is 1. The van der Waals surface area contributed by atoms with E-state index >= 15 is 0 Å². The van der Waals surface area contributed by atoms with Crippen molar-refractivity contribution in [3.63, 3.8) is 0 Å². The van der Waals surface area contributed by atoms with E-state index in [0.717, 1.165) is 24.8 Å². The number of aliphatic hydroxyl groups is 7. The third-order valence-electron chi connectivity index (χ3n) is 14.2. The number of ether oxygens (including phenoxy) is 2. The van der Waals surface area contributed by atoms with E-state index in [1.54, 1.807) is 6.92 Å². The normalized spacial score (nSPS) is 50.0. The molecule has 0 unspecified atom stereocenters. The molecule has 0 radical (unpaired) electrons. The largest absolute Gasteiger partial charge is 0.432 e. The highest BCUT2D eigenvalue weighted by molar-refractivity contribution is 5.80. The molecule has 5 rings (SSSR count). The van der Waals surface area contributed by atoms with Crippen LogP contribution in [0.2, 0.25) is 0 Å². The first-order valence-corrected chi connectivity index (χ1v) is 17.3. The number of fused-ring (bicyclic) bond motifs is 5. The Morgan fingerprint density at radius 2 is 1.67 bits per heavy atom. The molecule has 0 amide bonds. The zero-order valence-corrected chi connectivity index (χ0v) is 28.4. The third-order valence-corrected chi connectivity index (χ3v) is 14.2. The van der Waals surface area contributed by atoms with Crippen molar-refractivity contribution in [3.05, 3.63) is 23.8 Å². The first-order valence-electron chi connectivity index (χ1n) is 17.3. The van der Waals surface area contributed by atoms with Crippen LogP contribution in [0.15, 0.2) is 23.8 Å². The van der Waals surface area contributed by atoms with Crippen LogP contribution in [0.1, 0.15) is 92.9 Å². The van der Waals surface area contributed by atoms with Gasteiger partial charge in [-0.25, -0.2) is 0 Å². The summed E-state index contributed by atoms with van der Waals surface area (Å²) in [4.78, 5) is 14.2. The molecule has 46 heavy (non-hydrogen) atoms. The Balaban J connectivity index is 1.51. The van der Waals surface area contributed by atoms with Gasteiger partial charge in [-0.1, -0.05) is 52.8 Å². The van der Waals surface area contributed by atoms with Crippen molar-refractivity contribution in [1.82, 2.24) is 0 Å². The van der Waals surface area contributed by atoms with E-state index < -0.39 is 66.3 Å². The summed E-state index contributed by atoms with van der Waals surface area (Å²) in [5, 5.41) is 72.6. The molecule has 262 valence electrons. The van der Waals surface area contributed by atoms with E-state index in [1.807, 2.05) is 19.9 Å². The Morgan fingerprint density at radius 1 is 0.978 bits per heavy atom. The summed E-state index contributed by atoms with van der Waals surface area (Å²) in [6.45, 7) is 12.0. The maximum absolute atomic E-state index is 14.2. The molecule has 0 aromatic rings. The second-order valence-corrected chi connectivity index (χ2v) is 16.5. The Hall–Kier alpha value is -1.37. The monoisotopic (exact) mass is 650 g/mol. The summed E-state index contributed by atoms with van der Waals surface area (Å²) >= 11 is 0. The van der Waals surface area contributed by atoms with Crippen LogP contribution in [0.3, 0.4) is 0 Å². The standard InChI is InChI=1S/C36H58O10/c1-20(21(2)39)9-14-36(31(44)46-30-29(43)28(42)27(41)23(18-37)45-30)16-15-34(5)22(17-36)7-8-25-32(3)12-11-26(40)33(4,19-38)24(32)10-13-35(25,34)6/h7-8,17,20-21,23-30,37-43H,9-16,18-19H2,1-6H3/t20-,21+,23-,24+,25-,26-,27-,28+,29-,30+,32+,33-,34-,35-,36+/m1/s1. The first kappa shape index (κ1) is 35.9. The molecule has 1 saturated heterocycles. The van der Waals surface area contributed by atoms with Crippen molar-refractivity contribution in [1.29, 1.82) is 0 Å². The topological polar surface area (TPSA) is 177 Å². The van der Waals surface area contributed by atoms with Gasteiger partial charge in [0, 0.05) is 5.41 Å². The molecule has 2 saturated carbocycles. The van der Waals surface area contributed by atoms with Gasteiger partial charge in [0.2, 0.25) is 6.29 Å². The van der Waals surface area contributed by atoms with Crippen molar-refractivity contribution < 1.29 is 50.0 Å². The Bertz CT molecular complexity index is 1200. The molecule has 0 aromatic carbocycles. The van der Waals surface area contributed by atoms with Crippen molar-refractivity contribution in [3.8, 4) is 0 Å². The molecule has 1 aliphatic heterocycles. The lowest BCUT2D eigenvalue weighted by Crippen LogP contribution is -2.64. The molecule has 10 nitrogen and oxygen atoms in total. The van der Waals surface area contributed by atoms with Crippen LogP contribution in [-0.4, -0.2) is 97.8 Å². The van der Waals surface area contributed by atoms with Crippen molar-refractivity contribution in [2.75, 3.05) is 13.2 Å². The maximum atomic E-state index is 14.2. The van der Waals surface area contributed by atoms with Crippen LogP contribution < -0.4 is 0 Å². The molecule has 4 aliphatic carbocycles. The van der Waals surface area contributed by atoms with Gasteiger partial charge >= 0.3 is 5.97 Å². The van der Waals surface area contributed by atoms with Crippen LogP contribution >= 0.6 is 0 Å². The lowest BCUT2D eigenvalue weighted by molar-refractivity contribution is -0.295. The molecule has 15 atom stereocenters. The predicted molar refractivity (Wildman–Crippen MR) is 170 cm³/mol. The molecular weight excluding hydrogens is 592 g/mol. The number of hydrogen-bond donors (Lipinski definition) is 7. The SMILES string of the molecule is C[C@H](O)[C@H](C)CC[C@@]1(C(=O)O[C@@H]2O[C@H](CO)[C@@H](O)[C@H](O)[C@H]2O)C=C2C=C[C@@H]3[C@@]4(C)CC[C@@H](O)[C@](C)(CO)[C@H]4CC[C@@]3(C)[C@]2(C)CC1. The summed E-state index contributed by atoms with van der Waals surface area (Å²) in [5.74, 6) is -0.308. The van der Waals surface area contributed by atoms with Gasteiger partial charge in [0.05, 0.1) is 30.8 Å². The van der Waals surface area contributed by atoms with Crippen molar-refractivity contribution in [2.24, 2.45) is 44.8 Å². The van der Waals surface area contributed by atoms with Gasteiger partial charge in [0.1, 0.15) is 24.4 Å². The summed E-state index contributed by atoms with van der Waals surface area (Å²) in [6.07, 6.45) is 3.17. The highest BCUT2D eigenvalue weighted by Gasteiger charge is 2.66. The van der Waals surface area contributed by atoms with Gasteiger partial charge in [0.15, 0.2) is 0 Å². The van der Waals surface area contributed by atoms with Crippen LogP contribution in [0.25, 0.3) is 0 Å². The Morgan fingerprint density at radius 3 is 2.30 bits per heavy atom. The predicted octanol–water partition coefficient (Wildman–Crippen LogP) is 2.60. The van der Waals surface area contributed by atoms with Gasteiger partial charge in [0.25, 0.3) is 0 Å². The molecule has 1 heterocycles. The molecule has 10 heteroatoms. The van der Waals surface area contributed by atoms with Gasteiger partial charge in [-0.3, -0.25) is 4.79 Å². The second kappa shape index (κ2) is 12.5. The smallest absolute Gasteiger partial charge is 0.318 e. The average Bonchev–Trinajstić information content (AvgIpc) is 3.02.